The first-order valence-electron chi connectivity index (χ1n) is 6.56. The number of methoxy groups -OCH3 is 1. The SMILES string of the molecule is CN=C(NCCOCCOC)N(C)Cc1csc(C)n1.I. The number of hydrogen-bond donors (Lipinski definition) is 1. The van der Waals surface area contributed by atoms with Gasteiger partial charge < -0.3 is 19.7 Å². The third-order valence-electron chi connectivity index (χ3n) is 2.60. The highest BCUT2D eigenvalue weighted by molar-refractivity contribution is 14.0. The Morgan fingerprint density at radius 3 is 2.76 bits per heavy atom. The maximum atomic E-state index is 5.40. The molecule has 1 N–H and O–H groups in total. The highest BCUT2D eigenvalue weighted by atomic mass is 127. The molecule has 21 heavy (non-hydrogen) atoms. The summed E-state index contributed by atoms with van der Waals surface area (Å²) < 4.78 is 10.3. The average molecular weight is 428 g/mol. The lowest BCUT2D eigenvalue weighted by molar-refractivity contribution is 0.0731. The average Bonchev–Trinajstić information content (AvgIpc) is 2.83. The van der Waals surface area contributed by atoms with E-state index in [0.29, 0.717) is 19.8 Å². The number of ether oxygens (including phenoxy) is 2. The smallest absolute Gasteiger partial charge is 0.193 e. The molecule has 1 rings (SSSR count). The Bertz CT molecular complexity index is 415. The molecule has 1 heterocycles. The summed E-state index contributed by atoms with van der Waals surface area (Å²) in [4.78, 5) is 10.8. The topological polar surface area (TPSA) is 59.0 Å². The van der Waals surface area contributed by atoms with Gasteiger partial charge in [0.2, 0.25) is 0 Å². The summed E-state index contributed by atoms with van der Waals surface area (Å²) in [7, 11) is 5.44. The number of halogens is 1. The van der Waals surface area contributed by atoms with Crippen LogP contribution in [-0.2, 0) is 16.0 Å². The zero-order chi connectivity index (χ0) is 14.8. The first-order chi connectivity index (χ1) is 9.67. The lowest BCUT2D eigenvalue weighted by atomic mass is 10.4. The number of guanidine groups is 1. The number of rotatable bonds is 8. The fraction of sp³-hybridized carbons (Fsp3) is 0.692. The van der Waals surface area contributed by atoms with Gasteiger partial charge in [0.05, 0.1) is 37.1 Å². The predicted molar refractivity (Wildman–Crippen MR) is 97.8 cm³/mol. The van der Waals surface area contributed by atoms with E-state index in [1.54, 1.807) is 25.5 Å². The second kappa shape index (κ2) is 12.1. The van der Waals surface area contributed by atoms with Crippen LogP contribution in [0.5, 0.6) is 0 Å². The van der Waals surface area contributed by atoms with Crippen molar-refractivity contribution in [3.05, 3.63) is 16.1 Å². The summed E-state index contributed by atoms with van der Waals surface area (Å²) in [5, 5.41) is 6.42. The van der Waals surface area contributed by atoms with Crippen LogP contribution in [0, 0.1) is 6.92 Å². The van der Waals surface area contributed by atoms with Crippen LogP contribution in [0.4, 0.5) is 0 Å². The highest BCUT2D eigenvalue weighted by Gasteiger charge is 2.08. The fourth-order valence-electron chi connectivity index (χ4n) is 1.66. The first-order valence-corrected chi connectivity index (χ1v) is 7.44. The largest absolute Gasteiger partial charge is 0.382 e. The molecular weight excluding hydrogens is 403 g/mol. The molecule has 0 fully saturated rings. The lowest BCUT2D eigenvalue weighted by Gasteiger charge is -2.21. The van der Waals surface area contributed by atoms with Gasteiger partial charge in [-0.1, -0.05) is 0 Å². The molecule has 0 atom stereocenters. The maximum absolute atomic E-state index is 5.40. The van der Waals surface area contributed by atoms with E-state index in [1.165, 1.54) is 0 Å². The van der Waals surface area contributed by atoms with E-state index in [1.807, 2.05) is 18.9 Å². The molecule has 0 aliphatic heterocycles. The molecule has 1 aromatic rings. The Labute approximate surface area is 148 Å². The number of nitrogens with zero attached hydrogens (tertiary/aromatic N) is 3. The molecule has 0 radical (unpaired) electrons. The molecule has 0 amide bonds. The molecule has 8 heteroatoms. The molecule has 6 nitrogen and oxygen atoms in total. The molecule has 0 bridgehead atoms. The summed E-state index contributed by atoms with van der Waals surface area (Å²) in [6.07, 6.45) is 0. The van der Waals surface area contributed by atoms with Gasteiger partial charge in [-0.2, -0.15) is 0 Å². The summed E-state index contributed by atoms with van der Waals surface area (Å²) in [6, 6.07) is 0. The monoisotopic (exact) mass is 428 g/mol. The van der Waals surface area contributed by atoms with Crippen LogP contribution in [-0.4, -0.2) is 63.4 Å². The van der Waals surface area contributed by atoms with E-state index in [-0.39, 0.29) is 24.0 Å². The minimum atomic E-state index is 0. The molecular formula is C13H25IN4O2S. The van der Waals surface area contributed by atoms with Crippen LogP contribution in [0.2, 0.25) is 0 Å². The normalized spacial score (nSPS) is 11.1. The number of nitrogens with one attached hydrogen (secondary N) is 1. The van der Waals surface area contributed by atoms with E-state index < -0.39 is 0 Å². The van der Waals surface area contributed by atoms with Gasteiger partial charge >= 0.3 is 0 Å². The summed E-state index contributed by atoms with van der Waals surface area (Å²) in [5.74, 6) is 0.839. The zero-order valence-corrected chi connectivity index (χ0v) is 16.2. The molecule has 0 saturated carbocycles. The lowest BCUT2D eigenvalue weighted by Crippen LogP contribution is -2.40. The van der Waals surface area contributed by atoms with E-state index in [2.05, 4.69) is 20.7 Å². The second-order valence-electron chi connectivity index (χ2n) is 4.29. The van der Waals surface area contributed by atoms with E-state index in [4.69, 9.17) is 9.47 Å². The van der Waals surface area contributed by atoms with Crippen molar-refractivity contribution >= 4 is 41.3 Å². The molecule has 0 aromatic carbocycles. The van der Waals surface area contributed by atoms with Gasteiger partial charge in [0, 0.05) is 33.1 Å². The van der Waals surface area contributed by atoms with Crippen molar-refractivity contribution in [3.8, 4) is 0 Å². The Kier molecular flexibility index (Phi) is 11.9. The van der Waals surface area contributed by atoms with Gasteiger partial charge in [-0.3, -0.25) is 4.99 Å². The molecule has 0 aliphatic rings. The van der Waals surface area contributed by atoms with Gasteiger partial charge in [0.1, 0.15) is 0 Å². The Morgan fingerprint density at radius 2 is 2.19 bits per heavy atom. The van der Waals surface area contributed by atoms with Gasteiger partial charge in [-0.15, -0.1) is 35.3 Å². The number of aliphatic imine (C=N–C) groups is 1. The Balaban J connectivity index is 0.00000400. The van der Waals surface area contributed by atoms with Crippen molar-refractivity contribution in [3.63, 3.8) is 0 Å². The van der Waals surface area contributed by atoms with E-state index >= 15 is 0 Å². The minimum absolute atomic E-state index is 0. The summed E-state index contributed by atoms with van der Waals surface area (Å²) >= 11 is 1.66. The van der Waals surface area contributed by atoms with Crippen molar-refractivity contribution in [2.75, 3.05) is 47.6 Å². The standard InChI is InChI=1S/C13H24N4O2S.HI/c1-11-16-12(10-20-11)9-17(3)13(14-2)15-5-6-19-8-7-18-4;/h10H,5-9H2,1-4H3,(H,14,15);1H. The van der Waals surface area contributed by atoms with Crippen molar-refractivity contribution in [2.45, 2.75) is 13.5 Å². The van der Waals surface area contributed by atoms with Crippen molar-refractivity contribution < 1.29 is 9.47 Å². The van der Waals surface area contributed by atoms with E-state index in [9.17, 15) is 0 Å². The van der Waals surface area contributed by atoms with Crippen LogP contribution in [0.15, 0.2) is 10.4 Å². The molecule has 0 aliphatic carbocycles. The number of aromatic nitrogens is 1. The molecule has 0 unspecified atom stereocenters. The minimum Gasteiger partial charge on any atom is -0.382 e. The molecule has 122 valence electrons. The van der Waals surface area contributed by atoms with Crippen LogP contribution >= 0.6 is 35.3 Å². The van der Waals surface area contributed by atoms with Gasteiger partial charge in [-0.25, -0.2) is 4.98 Å². The van der Waals surface area contributed by atoms with E-state index in [0.717, 1.165) is 29.8 Å². The third-order valence-corrected chi connectivity index (χ3v) is 3.42. The highest BCUT2D eigenvalue weighted by Crippen LogP contribution is 2.09. The summed E-state index contributed by atoms with van der Waals surface area (Å²) in [6.45, 7) is 5.35. The summed E-state index contributed by atoms with van der Waals surface area (Å²) in [5.41, 5.74) is 1.06. The fourth-order valence-corrected chi connectivity index (χ4v) is 2.27. The number of hydrogen-bond acceptors (Lipinski definition) is 5. The van der Waals surface area contributed by atoms with Crippen LogP contribution < -0.4 is 5.32 Å². The predicted octanol–water partition coefficient (Wildman–Crippen LogP) is 1.74. The number of aryl methyl sites for hydroxylation is 1. The number of thiazole rings is 1. The van der Waals surface area contributed by atoms with Crippen molar-refractivity contribution in [1.82, 2.24) is 15.2 Å². The Morgan fingerprint density at radius 1 is 1.43 bits per heavy atom. The Hall–Kier alpha value is -0.450. The second-order valence-corrected chi connectivity index (χ2v) is 5.36. The third kappa shape index (κ3) is 8.54. The van der Waals surface area contributed by atoms with Crippen LogP contribution in [0.3, 0.4) is 0 Å². The van der Waals surface area contributed by atoms with Gasteiger partial charge in [0.15, 0.2) is 5.96 Å². The van der Waals surface area contributed by atoms with Crippen LogP contribution in [0.1, 0.15) is 10.7 Å². The molecule has 1 aromatic heterocycles. The molecule has 0 saturated heterocycles. The van der Waals surface area contributed by atoms with Crippen LogP contribution in [0.25, 0.3) is 0 Å². The van der Waals surface area contributed by atoms with Crippen molar-refractivity contribution in [1.29, 1.82) is 0 Å². The maximum Gasteiger partial charge on any atom is 0.193 e. The molecule has 0 spiro atoms. The zero-order valence-electron chi connectivity index (χ0n) is 13.1. The van der Waals surface area contributed by atoms with Crippen molar-refractivity contribution in [2.24, 2.45) is 4.99 Å². The van der Waals surface area contributed by atoms with Gasteiger partial charge in [-0.05, 0) is 6.92 Å². The van der Waals surface area contributed by atoms with Gasteiger partial charge in [0.25, 0.3) is 0 Å². The quantitative estimate of drug-likeness (QED) is 0.296. The first kappa shape index (κ1) is 20.6.